The van der Waals surface area contributed by atoms with Crippen LogP contribution in [0.15, 0.2) is 51.7 Å². The van der Waals surface area contributed by atoms with Gasteiger partial charge in [0.1, 0.15) is 11.1 Å². The van der Waals surface area contributed by atoms with Gasteiger partial charge in [0.2, 0.25) is 0 Å². The predicted molar refractivity (Wildman–Crippen MR) is 146 cm³/mol. The minimum atomic E-state index is -5.17. The van der Waals surface area contributed by atoms with Crippen LogP contribution in [0.5, 0.6) is 34.5 Å². The van der Waals surface area contributed by atoms with Crippen molar-refractivity contribution >= 4 is 32.3 Å². The van der Waals surface area contributed by atoms with Crippen molar-refractivity contribution in [1.29, 1.82) is 0 Å². The van der Waals surface area contributed by atoms with E-state index in [1.807, 2.05) is 0 Å². The van der Waals surface area contributed by atoms with Crippen molar-refractivity contribution in [2.24, 2.45) is 0 Å². The van der Waals surface area contributed by atoms with Crippen LogP contribution in [0.3, 0.4) is 0 Å². The molecule has 2 N–H and O–H groups in total. The molecule has 1 aliphatic heterocycles. The number of methoxy groups -OCH3 is 3. The number of fused-ring (bicyclic) bond motifs is 7. The number of benzene rings is 3. The van der Waals surface area contributed by atoms with Gasteiger partial charge in [-0.15, -0.1) is 0 Å². The molecule has 0 amide bonds. The Morgan fingerprint density at radius 1 is 0.902 bits per heavy atom. The lowest BCUT2D eigenvalue weighted by Crippen LogP contribution is -2.14. The second-order valence-corrected chi connectivity index (χ2v) is 10.3. The van der Waals surface area contributed by atoms with Gasteiger partial charge in [-0.3, -0.25) is 0 Å². The van der Waals surface area contributed by atoms with Crippen molar-refractivity contribution in [2.75, 3.05) is 21.3 Å². The number of hydrogen-bond acceptors (Lipinski definition) is 11. The lowest BCUT2D eigenvalue weighted by molar-refractivity contribution is 0.351. The van der Waals surface area contributed by atoms with E-state index in [1.54, 1.807) is 28.8 Å². The van der Waals surface area contributed by atoms with Gasteiger partial charge in [-0.25, -0.2) is 13.2 Å². The highest BCUT2D eigenvalue weighted by Gasteiger charge is 2.31. The Morgan fingerprint density at radius 2 is 1.61 bits per heavy atom. The highest BCUT2D eigenvalue weighted by Crippen LogP contribution is 2.49. The summed E-state index contributed by atoms with van der Waals surface area (Å²) in [5, 5.41) is 21.9. The summed E-state index contributed by atoms with van der Waals surface area (Å²) < 4.78 is 61.9. The molecule has 3 aromatic carbocycles. The normalized spacial score (nSPS) is 12.7. The van der Waals surface area contributed by atoms with Crippen LogP contribution in [-0.4, -0.2) is 49.1 Å². The molecule has 0 saturated carbocycles. The molecule has 6 rings (SSSR count). The SMILES string of the molecule is COc1ccc(-c2c3n(c4c(=O)oc5cc(OS(=O)(=O)[O-])c(OC)cc5c24)CCc2cc(O)c(OC)cc2-3)cc1O. The van der Waals surface area contributed by atoms with Crippen LogP contribution in [0.25, 0.3) is 44.3 Å². The number of phenols is 2. The molecule has 0 fully saturated rings. The van der Waals surface area contributed by atoms with Crippen LogP contribution in [0.2, 0.25) is 0 Å². The first-order valence-corrected chi connectivity index (χ1v) is 13.5. The van der Waals surface area contributed by atoms with E-state index < -0.39 is 21.8 Å². The molecular weight excluding hydrogens is 558 g/mol. The summed E-state index contributed by atoms with van der Waals surface area (Å²) in [5.41, 5.74) is 2.57. The summed E-state index contributed by atoms with van der Waals surface area (Å²) >= 11 is 0. The van der Waals surface area contributed by atoms with Crippen LogP contribution in [0, 0.1) is 0 Å². The van der Waals surface area contributed by atoms with Gasteiger partial charge in [-0.05, 0) is 47.9 Å². The third-order valence-electron chi connectivity index (χ3n) is 7.12. The van der Waals surface area contributed by atoms with Crippen molar-refractivity contribution in [1.82, 2.24) is 4.57 Å². The van der Waals surface area contributed by atoms with Gasteiger partial charge in [-0.2, -0.15) is 0 Å². The number of aromatic hydroxyl groups is 2. The maximum Gasteiger partial charge on any atom is 0.361 e. The minimum Gasteiger partial charge on any atom is -0.716 e. The largest absolute Gasteiger partial charge is 0.716 e. The third-order valence-corrected chi connectivity index (χ3v) is 7.50. The number of rotatable bonds is 6. The fourth-order valence-electron chi connectivity index (χ4n) is 5.46. The maximum absolute atomic E-state index is 13.5. The Labute approximate surface area is 232 Å². The molecule has 212 valence electrons. The Bertz CT molecular complexity index is 2060. The van der Waals surface area contributed by atoms with Gasteiger partial charge >= 0.3 is 5.63 Å². The molecule has 2 aromatic heterocycles. The van der Waals surface area contributed by atoms with E-state index in [0.29, 0.717) is 46.1 Å². The van der Waals surface area contributed by atoms with E-state index in [4.69, 9.17) is 18.6 Å². The summed E-state index contributed by atoms with van der Waals surface area (Å²) in [6.45, 7) is 0.357. The van der Waals surface area contributed by atoms with E-state index in [9.17, 15) is 28.0 Å². The molecule has 13 heteroatoms. The Balaban J connectivity index is 1.80. The highest BCUT2D eigenvalue weighted by atomic mass is 32.3. The average Bonchev–Trinajstić information content (AvgIpc) is 3.28. The molecule has 0 radical (unpaired) electrons. The van der Waals surface area contributed by atoms with E-state index in [2.05, 4.69) is 4.18 Å². The fourth-order valence-corrected chi connectivity index (χ4v) is 5.81. The lowest BCUT2D eigenvalue weighted by atomic mass is 9.91. The van der Waals surface area contributed by atoms with Gasteiger partial charge in [-0.1, -0.05) is 6.07 Å². The van der Waals surface area contributed by atoms with Crippen molar-refractivity contribution < 1.29 is 46.0 Å². The number of phenolic OH excluding ortho intramolecular Hbond substituents is 2. The zero-order valence-electron chi connectivity index (χ0n) is 21.9. The summed E-state index contributed by atoms with van der Waals surface area (Å²) in [5.74, 6) is -0.244. The van der Waals surface area contributed by atoms with Gasteiger partial charge in [0.05, 0.1) is 27.0 Å². The monoisotopic (exact) mass is 580 g/mol. The van der Waals surface area contributed by atoms with Crippen molar-refractivity contribution in [3.8, 4) is 56.9 Å². The molecule has 0 spiro atoms. The maximum atomic E-state index is 13.5. The van der Waals surface area contributed by atoms with E-state index in [1.165, 1.54) is 33.5 Å². The fraction of sp³-hybridized carbons (Fsp3) is 0.179. The second kappa shape index (κ2) is 9.35. The van der Waals surface area contributed by atoms with Crippen molar-refractivity contribution in [3.05, 3.63) is 58.4 Å². The smallest absolute Gasteiger partial charge is 0.361 e. The summed E-state index contributed by atoms with van der Waals surface area (Å²) in [4.78, 5) is 13.5. The standard InChI is InChI=1S/C28H23NO11S/c1-36-19-5-4-14(9-17(19)30)24-25-16-11-22(38-3)23(40-41(33,34)35)12-20(16)39-28(32)27(25)29-7-6-13-8-18(31)21(37-2)10-15(13)26(24)29/h4-5,8-12,30-31H,6-7H2,1-3H3,(H,33,34,35)/p-1. The quantitative estimate of drug-likeness (QED) is 0.170. The zero-order valence-corrected chi connectivity index (χ0v) is 22.7. The number of nitrogens with zero attached hydrogens (tertiary/aromatic N) is 1. The third kappa shape index (κ3) is 4.17. The molecular formula is C28H22NO11S-. The predicted octanol–water partition coefficient (Wildman–Crippen LogP) is 3.91. The van der Waals surface area contributed by atoms with Crippen molar-refractivity contribution in [3.63, 3.8) is 0 Å². The van der Waals surface area contributed by atoms with Crippen molar-refractivity contribution in [2.45, 2.75) is 13.0 Å². The zero-order chi connectivity index (χ0) is 29.2. The molecule has 3 heterocycles. The molecule has 0 unspecified atom stereocenters. The van der Waals surface area contributed by atoms with E-state index in [0.717, 1.165) is 11.6 Å². The first kappa shape index (κ1) is 26.3. The molecule has 41 heavy (non-hydrogen) atoms. The Hall–Kier alpha value is -4.88. The lowest BCUT2D eigenvalue weighted by Gasteiger charge is -2.22. The number of aryl methyl sites for hydroxylation is 2. The first-order chi connectivity index (χ1) is 19.5. The minimum absolute atomic E-state index is 0.0324. The Morgan fingerprint density at radius 3 is 2.27 bits per heavy atom. The first-order valence-electron chi connectivity index (χ1n) is 12.2. The molecule has 0 saturated heterocycles. The summed E-state index contributed by atoms with van der Waals surface area (Å²) in [6, 6.07) is 10.6. The topological polar surface area (TPSA) is 170 Å². The van der Waals surface area contributed by atoms with Crippen LogP contribution >= 0.6 is 0 Å². The van der Waals surface area contributed by atoms with Crippen LogP contribution in [0.1, 0.15) is 5.56 Å². The summed E-state index contributed by atoms with van der Waals surface area (Å²) in [6.07, 6.45) is 0.478. The molecule has 0 atom stereocenters. The molecule has 0 aliphatic carbocycles. The van der Waals surface area contributed by atoms with Gasteiger partial charge < -0.3 is 42.1 Å². The second-order valence-electron chi connectivity index (χ2n) is 9.30. The summed E-state index contributed by atoms with van der Waals surface area (Å²) in [7, 11) is -1.05. The average molecular weight is 581 g/mol. The van der Waals surface area contributed by atoms with Gasteiger partial charge in [0, 0.05) is 34.5 Å². The number of aromatic nitrogens is 1. The number of hydrogen-bond donors (Lipinski definition) is 2. The molecule has 1 aliphatic rings. The number of ether oxygens (including phenoxy) is 3. The molecule has 12 nitrogen and oxygen atoms in total. The van der Waals surface area contributed by atoms with E-state index >= 15 is 0 Å². The van der Waals surface area contributed by atoms with Gasteiger partial charge in [0.15, 0.2) is 34.5 Å². The van der Waals surface area contributed by atoms with Gasteiger partial charge in [0.25, 0.3) is 10.4 Å². The van der Waals surface area contributed by atoms with E-state index in [-0.39, 0.29) is 39.8 Å². The Kier molecular flexibility index (Phi) is 6.01. The van der Waals surface area contributed by atoms with Crippen LogP contribution in [0.4, 0.5) is 0 Å². The highest BCUT2D eigenvalue weighted by molar-refractivity contribution is 7.81. The molecule has 0 bridgehead atoms. The molecule has 5 aromatic rings. The van der Waals surface area contributed by atoms with Crippen LogP contribution < -0.4 is 24.0 Å². The van der Waals surface area contributed by atoms with Crippen LogP contribution in [-0.2, 0) is 23.4 Å².